The molecule has 30 heavy (non-hydrogen) atoms. The van der Waals surface area contributed by atoms with E-state index in [-0.39, 0.29) is 0 Å². The highest BCUT2D eigenvalue weighted by atomic mass is 16.5. The number of aryl methyl sites for hydroxylation is 1. The third-order valence-electron chi connectivity index (χ3n) is 4.67. The van der Waals surface area contributed by atoms with Crippen LogP contribution >= 0.6 is 0 Å². The molecule has 6 nitrogen and oxygen atoms in total. The van der Waals surface area contributed by atoms with Gasteiger partial charge in [0.15, 0.2) is 0 Å². The lowest BCUT2D eigenvalue weighted by Crippen LogP contribution is -2.27. The van der Waals surface area contributed by atoms with Gasteiger partial charge in [0, 0.05) is 30.2 Å². The predicted octanol–water partition coefficient (Wildman–Crippen LogP) is 5.60. The molecule has 1 aliphatic rings. The largest absolute Gasteiger partial charge is 0.437 e. The van der Waals surface area contributed by atoms with Crippen molar-refractivity contribution in [2.45, 2.75) is 46.0 Å². The topological polar surface area (TPSA) is 72.0 Å². The van der Waals surface area contributed by atoms with Crippen molar-refractivity contribution in [2.75, 3.05) is 18.4 Å². The Kier molecular flexibility index (Phi) is 8.15. The lowest BCUT2D eigenvalue weighted by atomic mass is 9.94. The Labute approximate surface area is 179 Å². The van der Waals surface area contributed by atoms with E-state index in [4.69, 9.17) is 4.74 Å². The number of piperidine rings is 1. The average molecular weight is 406 g/mol. The minimum Gasteiger partial charge on any atom is -0.437 e. The lowest BCUT2D eigenvalue weighted by molar-refractivity contribution is 0.410. The molecule has 1 fully saturated rings. The van der Waals surface area contributed by atoms with Crippen molar-refractivity contribution in [1.82, 2.24) is 20.3 Å². The van der Waals surface area contributed by atoms with Crippen LogP contribution in [-0.2, 0) is 0 Å². The maximum Gasteiger partial charge on any atom is 0.241 e. The van der Waals surface area contributed by atoms with E-state index in [1.165, 1.54) is 6.42 Å². The molecular weight excluding hydrogens is 374 g/mol. The molecule has 0 spiro atoms. The molecule has 0 aliphatic carbocycles. The van der Waals surface area contributed by atoms with Crippen LogP contribution in [0.25, 0.3) is 0 Å². The summed E-state index contributed by atoms with van der Waals surface area (Å²) in [6, 6.07) is 11.8. The first-order valence-corrected chi connectivity index (χ1v) is 10.7. The van der Waals surface area contributed by atoms with Gasteiger partial charge in [-0.25, -0.2) is 9.97 Å². The summed E-state index contributed by atoms with van der Waals surface area (Å²) in [5.41, 5.74) is 3.04. The summed E-state index contributed by atoms with van der Waals surface area (Å²) < 4.78 is 6.05. The Bertz CT molecular complexity index is 890. The van der Waals surface area contributed by atoms with Crippen LogP contribution in [-0.4, -0.2) is 28.0 Å². The molecule has 3 aromatic rings. The number of anilines is 2. The first kappa shape index (κ1) is 21.7. The number of pyridine rings is 1. The Morgan fingerprint density at radius 3 is 2.33 bits per heavy atom. The van der Waals surface area contributed by atoms with Gasteiger partial charge in [-0.2, -0.15) is 0 Å². The molecule has 0 amide bonds. The average Bonchev–Trinajstić information content (AvgIpc) is 2.78. The van der Waals surface area contributed by atoms with E-state index in [0.29, 0.717) is 11.8 Å². The van der Waals surface area contributed by atoms with Gasteiger partial charge in [0.1, 0.15) is 17.3 Å². The molecule has 0 bridgehead atoms. The molecule has 2 N–H and O–H groups in total. The van der Waals surface area contributed by atoms with Crippen LogP contribution < -0.4 is 15.4 Å². The fraction of sp³-hybridized carbons (Fsp3) is 0.375. The van der Waals surface area contributed by atoms with Crippen molar-refractivity contribution in [3.05, 3.63) is 66.2 Å². The number of nitrogens with zero attached hydrogens (tertiary/aromatic N) is 3. The number of ether oxygens (including phenoxy) is 1. The quantitative estimate of drug-likeness (QED) is 0.576. The van der Waals surface area contributed by atoms with E-state index in [1.54, 1.807) is 12.4 Å². The van der Waals surface area contributed by atoms with E-state index in [1.807, 2.05) is 49.5 Å². The molecule has 0 saturated carbocycles. The van der Waals surface area contributed by atoms with Crippen molar-refractivity contribution in [3.8, 4) is 11.6 Å². The second-order valence-corrected chi connectivity index (χ2v) is 7.45. The maximum atomic E-state index is 6.05. The monoisotopic (exact) mass is 405 g/mol. The summed E-state index contributed by atoms with van der Waals surface area (Å²) in [6.45, 7) is 8.29. The Morgan fingerprint density at radius 1 is 0.967 bits per heavy atom. The van der Waals surface area contributed by atoms with Crippen molar-refractivity contribution in [3.63, 3.8) is 0 Å². The summed E-state index contributed by atoms with van der Waals surface area (Å²) in [5, 5.41) is 6.67. The third kappa shape index (κ3) is 6.26. The zero-order valence-corrected chi connectivity index (χ0v) is 18.1. The maximum absolute atomic E-state index is 6.05. The molecule has 0 unspecified atom stereocenters. The molecule has 1 aromatic carbocycles. The molecule has 2 aromatic heterocycles. The first-order valence-electron chi connectivity index (χ1n) is 10.7. The van der Waals surface area contributed by atoms with Crippen molar-refractivity contribution < 1.29 is 4.74 Å². The molecule has 3 heterocycles. The Morgan fingerprint density at radius 2 is 1.67 bits per heavy atom. The predicted molar refractivity (Wildman–Crippen MR) is 122 cm³/mol. The fourth-order valence-corrected chi connectivity index (χ4v) is 3.20. The Hall–Kier alpha value is -2.99. The van der Waals surface area contributed by atoms with Gasteiger partial charge in [0.25, 0.3) is 0 Å². The summed E-state index contributed by atoms with van der Waals surface area (Å²) >= 11 is 0. The van der Waals surface area contributed by atoms with E-state index in [0.717, 1.165) is 54.4 Å². The minimum absolute atomic E-state index is 0.392. The number of rotatable bonds is 5. The van der Waals surface area contributed by atoms with Crippen molar-refractivity contribution in [2.24, 2.45) is 0 Å². The van der Waals surface area contributed by atoms with E-state index in [9.17, 15) is 0 Å². The molecule has 1 aliphatic heterocycles. The van der Waals surface area contributed by atoms with Gasteiger partial charge >= 0.3 is 0 Å². The number of hydrogen-bond donors (Lipinski definition) is 2. The highest BCUT2D eigenvalue weighted by Crippen LogP contribution is 2.32. The van der Waals surface area contributed by atoms with Crippen LogP contribution in [0.15, 0.2) is 55.0 Å². The zero-order chi connectivity index (χ0) is 21.2. The van der Waals surface area contributed by atoms with Gasteiger partial charge in [0.05, 0.1) is 0 Å². The molecule has 4 rings (SSSR count). The second kappa shape index (κ2) is 11.3. The summed E-state index contributed by atoms with van der Waals surface area (Å²) in [4.78, 5) is 13.3. The standard InChI is InChI=1S/C21H23N5O.C3H8/c1-15-2-7-19(25-14-15)26-17-3-5-18(6-4-17)27-21-20(23-12-13-24-21)16-8-10-22-11-9-16;1-3-2/h2-7,12-14,16,22H,8-11H2,1H3,(H,25,26);3H2,1-2H3. The van der Waals surface area contributed by atoms with E-state index >= 15 is 0 Å². The van der Waals surface area contributed by atoms with Crippen LogP contribution in [0.2, 0.25) is 0 Å². The molecular formula is C24H31N5O. The zero-order valence-electron chi connectivity index (χ0n) is 18.1. The molecule has 0 radical (unpaired) electrons. The SMILES string of the molecule is CCC.Cc1ccc(Nc2ccc(Oc3nccnc3C3CCNCC3)cc2)nc1. The first-order chi connectivity index (χ1) is 14.7. The van der Waals surface area contributed by atoms with Gasteiger partial charge in [-0.3, -0.25) is 4.98 Å². The van der Waals surface area contributed by atoms with E-state index < -0.39 is 0 Å². The molecule has 158 valence electrons. The normalized spacial score (nSPS) is 13.8. The van der Waals surface area contributed by atoms with Crippen LogP contribution in [0.3, 0.4) is 0 Å². The van der Waals surface area contributed by atoms with Crippen LogP contribution in [0.1, 0.15) is 50.3 Å². The molecule has 6 heteroatoms. The third-order valence-corrected chi connectivity index (χ3v) is 4.67. The second-order valence-electron chi connectivity index (χ2n) is 7.45. The lowest BCUT2D eigenvalue weighted by Gasteiger charge is -2.23. The van der Waals surface area contributed by atoms with Crippen LogP contribution in [0.5, 0.6) is 11.6 Å². The van der Waals surface area contributed by atoms with Crippen molar-refractivity contribution >= 4 is 11.5 Å². The van der Waals surface area contributed by atoms with Crippen molar-refractivity contribution in [1.29, 1.82) is 0 Å². The van der Waals surface area contributed by atoms with Crippen LogP contribution in [0.4, 0.5) is 11.5 Å². The number of nitrogens with one attached hydrogen (secondary N) is 2. The van der Waals surface area contributed by atoms with Crippen LogP contribution in [0, 0.1) is 6.92 Å². The fourth-order valence-electron chi connectivity index (χ4n) is 3.20. The van der Waals surface area contributed by atoms with Gasteiger partial charge in [-0.05, 0) is 68.8 Å². The van der Waals surface area contributed by atoms with Gasteiger partial charge in [-0.1, -0.05) is 26.3 Å². The summed E-state index contributed by atoms with van der Waals surface area (Å²) in [7, 11) is 0. The van der Waals surface area contributed by atoms with Gasteiger partial charge in [-0.15, -0.1) is 0 Å². The Balaban J connectivity index is 0.000000806. The summed E-state index contributed by atoms with van der Waals surface area (Å²) in [6.07, 6.45) is 8.63. The number of hydrogen-bond acceptors (Lipinski definition) is 6. The smallest absolute Gasteiger partial charge is 0.241 e. The highest BCUT2D eigenvalue weighted by Gasteiger charge is 2.21. The van der Waals surface area contributed by atoms with Gasteiger partial charge < -0.3 is 15.4 Å². The number of aromatic nitrogens is 3. The number of benzene rings is 1. The highest BCUT2D eigenvalue weighted by molar-refractivity contribution is 5.57. The molecule has 0 atom stereocenters. The summed E-state index contributed by atoms with van der Waals surface area (Å²) in [5.74, 6) is 2.55. The minimum atomic E-state index is 0.392. The van der Waals surface area contributed by atoms with Gasteiger partial charge in [0.2, 0.25) is 5.88 Å². The van der Waals surface area contributed by atoms with E-state index in [2.05, 4.69) is 39.4 Å². The molecule has 1 saturated heterocycles.